The summed E-state index contributed by atoms with van der Waals surface area (Å²) in [5, 5.41) is 8.21. The number of aryl methyl sites for hydroxylation is 1. The van der Waals surface area contributed by atoms with Crippen molar-refractivity contribution in [1.29, 1.82) is 0 Å². The number of aromatic nitrogens is 3. The maximum Gasteiger partial charge on any atom is 0.149 e. The Morgan fingerprint density at radius 2 is 2.00 bits per heavy atom. The minimum atomic E-state index is 0.0350. The van der Waals surface area contributed by atoms with Gasteiger partial charge in [0.15, 0.2) is 0 Å². The van der Waals surface area contributed by atoms with Crippen LogP contribution >= 0.6 is 0 Å². The highest BCUT2D eigenvalue weighted by atomic mass is 15.3. The van der Waals surface area contributed by atoms with Gasteiger partial charge in [0, 0.05) is 6.54 Å². The lowest BCUT2D eigenvalue weighted by Gasteiger charge is -2.12. The van der Waals surface area contributed by atoms with Crippen molar-refractivity contribution in [3.8, 4) is 0 Å². The third kappa shape index (κ3) is 2.32. The fraction of sp³-hybridized carbons (Fsp3) is 0.800. The lowest BCUT2D eigenvalue weighted by atomic mass is 10.1. The summed E-state index contributed by atoms with van der Waals surface area (Å²) in [7, 11) is 0. The summed E-state index contributed by atoms with van der Waals surface area (Å²) in [5.41, 5.74) is 6.03. The van der Waals surface area contributed by atoms with Gasteiger partial charge in [-0.15, -0.1) is 10.2 Å². The number of hydrogen-bond acceptors (Lipinski definition) is 3. The Bertz CT molecular complexity index is 280. The van der Waals surface area contributed by atoms with Crippen LogP contribution in [0.4, 0.5) is 0 Å². The van der Waals surface area contributed by atoms with Crippen LogP contribution in [0.3, 0.4) is 0 Å². The molecule has 1 heterocycles. The average Bonchev–Trinajstić information content (AvgIpc) is 2.50. The molecule has 14 heavy (non-hydrogen) atoms. The first-order valence-corrected chi connectivity index (χ1v) is 5.36. The molecule has 1 atom stereocenters. The van der Waals surface area contributed by atoms with Gasteiger partial charge in [-0.3, -0.25) is 0 Å². The summed E-state index contributed by atoms with van der Waals surface area (Å²) in [6.07, 6.45) is 3.14. The SMILES string of the molecule is CCC[C@H](N)c1nnc(C)n1CCC. The van der Waals surface area contributed by atoms with Crippen molar-refractivity contribution < 1.29 is 0 Å². The zero-order valence-electron chi connectivity index (χ0n) is 9.32. The summed E-state index contributed by atoms with van der Waals surface area (Å²) < 4.78 is 2.13. The van der Waals surface area contributed by atoms with Crippen molar-refractivity contribution in [3.05, 3.63) is 11.6 Å². The molecule has 80 valence electrons. The van der Waals surface area contributed by atoms with Gasteiger partial charge in [-0.25, -0.2) is 0 Å². The fourth-order valence-corrected chi connectivity index (χ4v) is 1.61. The normalized spacial score (nSPS) is 13.1. The Hall–Kier alpha value is -0.900. The zero-order valence-corrected chi connectivity index (χ0v) is 9.32. The average molecular weight is 196 g/mol. The van der Waals surface area contributed by atoms with E-state index in [4.69, 9.17) is 5.73 Å². The maximum absolute atomic E-state index is 6.03. The van der Waals surface area contributed by atoms with E-state index in [9.17, 15) is 0 Å². The first kappa shape index (κ1) is 11.2. The standard InChI is InChI=1S/C10H20N4/c1-4-6-9(11)10-13-12-8(3)14(10)7-5-2/h9H,4-7,11H2,1-3H3/t9-/m0/s1. The summed E-state index contributed by atoms with van der Waals surface area (Å²) >= 11 is 0. The van der Waals surface area contributed by atoms with Crippen LogP contribution in [0.15, 0.2) is 0 Å². The van der Waals surface area contributed by atoms with Gasteiger partial charge >= 0.3 is 0 Å². The van der Waals surface area contributed by atoms with Crippen LogP contribution in [0.2, 0.25) is 0 Å². The molecule has 0 aliphatic carbocycles. The minimum absolute atomic E-state index is 0.0350. The lowest BCUT2D eigenvalue weighted by molar-refractivity contribution is 0.538. The van der Waals surface area contributed by atoms with E-state index in [1.54, 1.807) is 0 Å². The number of nitrogens with two attached hydrogens (primary N) is 1. The van der Waals surface area contributed by atoms with Gasteiger partial charge in [0.25, 0.3) is 0 Å². The molecule has 1 aromatic rings. The molecule has 0 bridgehead atoms. The Balaban J connectivity index is 2.84. The van der Waals surface area contributed by atoms with E-state index in [2.05, 4.69) is 28.6 Å². The molecule has 4 heteroatoms. The third-order valence-corrected chi connectivity index (χ3v) is 2.34. The lowest BCUT2D eigenvalue weighted by Crippen LogP contribution is -2.17. The van der Waals surface area contributed by atoms with E-state index in [0.29, 0.717) is 0 Å². The molecular formula is C10H20N4. The molecule has 0 fully saturated rings. The summed E-state index contributed by atoms with van der Waals surface area (Å²) in [5.74, 6) is 1.90. The van der Waals surface area contributed by atoms with E-state index < -0.39 is 0 Å². The number of hydrogen-bond donors (Lipinski definition) is 1. The van der Waals surface area contributed by atoms with Gasteiger partial charge in [-0.2, -0.15) is 0 Å². The van der Waals surface area contributed by atoms with Crippen molar-refractivity contribution >= 4 is 0 Å². The molecule has 0 aromatic carbocycles. The van der Waals surface area contributed by atoms with Gasteiger partial charge in [-0.05, 0) is 19.8 Å². The summed E-state index contributed by atoms with van der Waals surface area (Å²) in [4.78, 5) is 0. The molecule has 0 spiro atoms. The highest BCUT2D eigenvalue weighted by Crippen LogP contribution is 2.14. The molecule has 0 unspecified atom stereocenters. The molecule has 2 N–H and O–H groups in total. The zero-order chi connectivity index (χ0) is 10.6. The fourth-order valence-electron chi connectivity index (χ4n) is 1.61. The first-order valence-electron chi connectivity index (χ1n) is 5.36. The van der Waals surface area contributed by atoms with E-state index in [1.807, 2.05) is 6.92 Å². The van der Waals surface area contributed by atoms with Gasteiger partial charge in [0.1, 0.15) is 11.6 Å². The topological polar surface area (TPSA) is 56.7 Å². The Morgan fingerprint density at radius 1 is 1.29 bits per heavy atom. The first-order chi connectivity index (χ1) is 6.70. The second kappa shape index (κ2) is 5.10. The van der Waals surface area contributed by atoms with Crippen molar-refractivity contribution in [3.63, 3.8) is 0 Å². The molecule has 0 saturated carbocycles. The predicted molar refractivity (Wildman–Crippen MR) is 56.9 cm³/mol. The van der Waals surface area contributed by atoms with Gasteiger partial charge in [-0.1, -0.05) is 20.3 Å². The van der Waals surface area contributed by atoms with Gasteiger partial charge in [0.05, 0.1) is 6.04 Å². The third-order valence-electron chi connectivity index (χ3n) is 2.34. The van der Waals surface area contributed by atoms with Crippen LogP contribution in [0.5, 0.6) is 0 Å². The summed E-state index contributed by atoms with van der Waals surface area (Å²) in [6, 6.07) is 0.0350. The highest BCUT2D eigenvalue weighted by Gasteiger charge is 2.14. The van der Waals surface area contributed by atoms with Crippen molar-refractivity contribution in [1.82, 2.24) is 14.8 Å². The molecule has 1 aromatic heterocycles. The van der Waals surface area contributed by atoms with Gasteiger partial charge in [0.2, 0.25) is 0 Å². The van der Waals surface area contributed by atoms with E-state index >= 15 is 0 Å². The molecule has 0 amide bonds. The molecule has 0 saturated heterocycles. The van der Waals surface area contributed by atoms with Crippen LogP contribution in [0.1, 0.15) is 50.8 Å². The van der Waals surface area contributed by atoms with Crippen LogP contribution in [-0.2, 0) is 6.54 Å². The summed E-state index contributed by atoms with van der Waals surface area (Å²) in [6.45, 7) is 7.22. The molecule has 4 nitrogen and oxygen atoms in total. The second-order valence-electron chi connectivity index (χ2n) is 3.65. The van der Waals surface area contributed by atoms with Crippen molar-refractivity contribution in [2.24, 2.45) is 5.73 Å². The van der Waals surface area contributed by atoms with E-state index in [1.165, 1.54) is 0 Å². The monoisotopic (exact) mass is 196 g/mol. The molecule has 0 aliphatic heterocycles. The Morgan fingerprint density at radius 3 is 2.57 bits per heavy atom. The predicted octanol–water partition coefficient (Wildman–Crippen LogP) is 1.80. The number of rotatable bonds is 5. The Labute approximate surface area is 85.5 Å². The highest BCUT2D eigenvalue weighted by molar-refractivity contribution is 4.99. The molecule has 0 aliphatic rings. The van der Waals surface area contributed by atoms with E-state index in [0.717, 1.165) is 37.5 Å². The largest absolute Gasteiger partial charge is 0.321 e. The van der Waals surface area contributed by atoms with Crippen LogP contribution in [-0.4, -0.2) is 14.8 Å². The van der Waals surface area contributed by atoms with Crippen molar-refractivity contribution in [2.75, 3.05) is 0 Å². The van der Waals surface area contributed by atoms with Crippen molar-refractivity contribution in [2.45, 2.75) is 52.6 Å². The van der Waals surface area contributed by atoms with Crippen LogP contribution in [0.25, 0.3) is 0 Å². The van der Waals surface area contributed by atoms with E-state index in [-0.39, 0.29) is 6.04 Å². The smallest absolute Gasteiger partial charge is 0.149 e. The van der Waals surface area contributed by atoms with Crippen LogP contribution < -0.4 is 5.73 Å². The van der Waals surface area contributed by atoms with Crippen LogP contribution in [0, 0.1) is 6.92 Å². The Kier molecular flexibility index (Phi) is 4.07. The second-order valence-corrected chi connectivity index (χ2v) is 3.65. The molecule has 1 rings (SSSR count). The maximum atomic E-state index is 6.03. The molecular weight excluding hydrogens is 176 g/mol. The molecule has 0 radical (unpaired) electrons. The van der Waals surface area contributed by atoms with Gasteiger partial charge < -0.3 is 10.3 Å². The quantitative estimate of drug-likeness (QED) is 0.781. The number of nitrogens with zero attached hydrogens (tertiary/aromatic N) is 3. The minimum Gasteiger partial charge on any atom is -0.321 e.